The zero-order valence-corrected chi connectivity index (χ0v) is 12.1. The van der Waals surface area contributed by atoms with Gasteiger partial charge in [0, 0.05) is 12.1 Å². The van der Waals surface area contributed by atoms with E-state index in [2.05, 4.69) is 5.32 Å². The lowest BCUT2D eigenvalue weighted by Crippen LogP contribution is -2.37. The Morgan fingerprint density at radius 2 is 2.00 bits per heavy atom. The summed E-state index contributed by atoms with van der Waals surface area (Å²) in [4.78, 5) is 12.0. The van der Waals surface area contributed by atoms with Gasteiger partial charge in [-0.3, -0.25) is 4.79 Å². The fourth-order valence-electron chi connectivity index (χ4n) is 2.04. The van der Waals surface area contributed by atoms with Crippen LogP contribution in [-0.2, 0) is 4.74 Å². The normalized spacial score (nSPS) is 13.8. The van der Waals surface area contributed by atoms with E-state index >= 15 is 0 Å². The molecule has 0 spiro atoms. The van der Waals surface area contributed by atoms with Gasteiger partial charge in [0.2, 0.25) is 0 Å². The molecule has 0 aliphatic rings. The number of carbonyl (C=O) groups is 1. The minimum absolute atomic E-state index is 0.191. The Morgan fingerprint density at radius 3 is 2.55 bits per heavy atom. The second-order valence-electron chi connectivity index (χ2n) is 4.48. The van der Waals surface area contributed by atoms with Crippen molar-refractivity contribution in [2.75, 3.05) is 7.11 Å². The molecular formula is C15H16ClNO3. The van der Waals surface area contributed by atoms with Gasteiger partial charge in [0.05, 0.1) is 17.9 Å². The second-order valence-corrected chi connectivity index (χ2v) is 4.92. The maximum atomic E-state index is 12.0. The highest BCUT2D eigenvalue weighted by atomic mass is 35.5. The van der Waals surface area contributed by atoms with Crippen molar-refractivity contribution in [2.45, 2.75) is 19.1 Å². The summed E-state index contributed by atoms with van der Waals surface area (Å²) in [6.07, 6.45) is 2.63. The molecule has 0 fully saturated rings. The number of furan rings is 1. The lowest BCUT2D eigenvalue weighted by molar-refractivity contribution is 0.0644. The third-order valence-corrected chi connectivity index (χ3v) is 3.30. The van der Waals surface area contributed by atoms with Gasteiger partial charge in [-0.2, -0.15) is 0 Å². The summed E-state index contributed by atoms with van der Waals surface area (Å²) < 4.78 is 10.4. The Labute approximate surface area is 122 Å². The maximum absolute atomic E-state index is 12.0. The zero-order valence-electron chi connectivity index (χ0n) is 11.3. The van der Waals surface area contributed by atoms with Crippen LogP contribution in [0.15, 0.2) is 47.3 Å². The van der Waals surface area contributed by atoms with Crippen molar-refractivity contribution < 1.29 is 13.9 Å². The summed E-state index contributed by atoms with van der Waals surface area (Å²) in [6.45, 7) is 1.89. The molecule has 1 heterocycles. The second kappa shape index (κ2) is 6.59. The number of amides is 1. The van der Waals surface area contributed by atoms with Crippen LogP contribution >= 0.6 is 11.6 Å². The molecule has 20 heavy (non-hydrogen) atoms. The number of halogens is 1. The Morgan fingerprint density at radius 1 is 1.30 bits per heavy atom. The average Bonchev–Trinajstić information content (AvgIpc) is 2.96. The first-order chi connectivity index (χ1) is 9.61. The van der Waals surface area contributed by atoms with Gasteiger partial charge >= 0.3 is 0 Å². The first-order valence-electron chi connectivity index (χ1n) is 6.23. The predicted octanol–water partition coefficient (Wildman–Crippen LogP) is 3.44. The number of hydrogen-bond donors (Lipinski definition) is 1. The van der Waals surface area contributed by atoms with Gasteiger partial charge in [0.1, 0.15) is 12.4 Å². The van der Waals surface area contributed by atoms with E-state index in [1.54, 1.807) is 25.3 Å². The zero-order chi connectivity index (χ0) is 14.5. The molecule has 2 aromatic rings. The van der Waals surface area contributed by atoms with Crippen molar-refractivity contribution in [2.24, 2.45) is 0 Å². The fourth-order valence-corrected chi connectivity index (χ4v) is 2.17. The quantitative estimate of drug-likeness (QED) is 0.919. The van der Waals surface area contributed by atoms with Crippen LogP contribution in [0.3, 0.4) is 0 Å². The van der Waals surface area contributed by atoms with E-state index in [1.165, 1.54) is 12.5 Å². The molecule has 1 aromatic carbocycles. The molecule has 0 radical (unpaired) electrons. The summed E-state index contributed by atoms with van der Waals surface area (Å²) in [5, 5.41) is 3.55. The number of carbonyl (C=O) groups excluding carboxylic acids is 1. The van der Waals surface area contributed by atoms with E-state index in [0.717, 1.165) is 5.56 Å². The highest BCUT2D eigenvalue weighted by Gasteiger charge is 2.21. The van der Waals surface area contributed by atoms with Gasteiger partial charge in [-0.25, -0.2) is 0 Å². The SMILES string of the molecule is CO[C@H](c1ccc(Cl)cc1)[C@@H](C)NC(=O)c1ccoc1. The van der Waals surface area contributed by atoms with Crippen molar-refractivity contribution in [1.82, 2.24) is 5.32 Å². The third-order valence-electron chi connectivity index (χ3n) is 3.05. The van der Waals surface area contributed by atoms with Crippen LogP contribution in [0.1, 0.15) is 28.9 Å². The molecule has 0 bridgehead atoms. The number of benzene rings is 1. The smallest absolute Gasteiger partial charge is 0.254 e. The molecule has 0 aliphatic carbocycles. The van der Waals surface area contributed by atoms with Crippen molar-refractivity contribution in [3.63, 3.8) is 0 Å². The minimum Gasteiger partial charge on any atom is -0.472 e. The lowest BCUT2D eigenvalue weighted by atomic mass is 10.0. The van der Waals surface area contributed by atoms with Crippen molar-refractivity contribution >= 4 is 17.5 Å². The van der Waals surface area contributed by atoms with Crippen LogP contribution < -0.4 is 5.32 Å². The molecule has 4 nitrogen and oxygen atoms in total. The van der Waals surface area contributed by atoms with E-state index in [1.807, 2.05) is 19.1 Å². The molecule has 5 heteroatoms. The fraction of sp³-hybridized carbons (Fsp3) is 0.267. The molecule has 106 valence electrons. The van der Waals surface area contributed by atoms with Gasteiger partial charge in [-0.05, 0) is 30.7 Å². The summed E-state index contributed by atoms with van der Waals surface area (Å²) in [7, 11) is 1.61. The maximum Gasteiger partial charge on any atom is 0.254 e. The van der Waals surface area contributed by atoms with Crippen LogP contribution in [0.5, 0.6) is 0 Å². The van der Waals surface area contributed by atoms with Crippen LogP contribution in [0.2, 0.25) is 5.02 Å². The summed E-state index contributed by atoms with van der Waals surface area (Å²) in [5.74, 6) is -0.192. The van der Waals surface area contributed by atoms with Crippen LogP contribution in [0.25, 0.3) is 0 Å². The van der Waals surface area contributed by atoms with E-state index in [9.17, 15) is 4.79 Å². The summed E-state index contributed by atoms with van der Waals surface area (Å²) in [5.41, 5.74) is 1.44. The van der Waals surface area contributed by atoms with Gasteiger partial charge in [0.25, 0.3) is 5.91 Å². The van der Waals surface area contributed by atoms with Crippen LogP contribution in [0, 0.1) is 0 Å². The molecule has 2 atom stereocenters. The third kappa shape index (κ3) is 3.40. The van der Waals surface area contributed by atoms with Gasteiger partial charge in [-0.1, -0.05) is 23.7 Å². The number of hydrogen-bond acceptors (Lipinski definition) is 3. The Balaban J connectivity index is 2.07. The number of ether oxygens (including phenoxy) is 1. The first-order valence-corrected chi connectivity index (χ1v) is 6.61. The Hall–Kier alpha value is -1.78. The standard InChI is InChI=1S/C15H16ClNO3/c1-10(17-15(18)12-7-8-20-9-12)14(19-2)11-3-5-13(16)6-4-11/h3-10,14H,1-2H3,(H,17,18)/t10-,14+/m1/s1. The largest absolute Gasteiger partial charge is 0.472 e. The van der Waals surface area contributed by atoms with E-state index in [4.69, 9.17) is 20.8 Å². The number of rotatable bonds is 5. The van der Waals surface area contributed by atoms with E-state index < -0.39 is 0 Å². The van der Waals surface area contributed by atoms with Crippen molar-refractivity contribution in [3.8, 4) is 0 Å². The monoisotopic (exact) mass is 293 g/mol. The molecule has 2 rings (SSSR count). The van der Waals surface area contributed by atoms with Crippen LogP contribution in [-0.4, -0.2) is 19.1 Å². The highest BCUT2D eigenvalue weighted by Crippen LogP contribution is 2.22. The molecule has 0 unspecified atom stereocenters. The molecule has 0 saturated heterocycles. The predicted molar refractivity (Wildman–Crippen MR) is 76.8 cm³/mol. The molecule has 0 aliphatic heterocycles. The van der Waals surface area contributed by atoms with Crippen molar-refractivity contribution in [3.05, 3.63) is 59.0 Å². The number of nitrogens with one attached hydrogen (secondary N) is 1. The Bertz CT molecular complexity index is 551. The van der Waals surface area contributed by atoms with E-state index in [0.29, 0.717) is 10.6 Å². The minimum atomic E-state index is -0.247. The molecular weight excluding hydrogens is 278 g/mol. The summed E-state index contributed by atoms with van der Waals surface area (Å²) >= 11 is 5.87. The lowest BCUT2D eigenvalue weighted by Gasteiger charge is -2.24. The Kier molecular flexibility index (Phi) is 4.82. The van der Waals surface area contributed by atoms with Crippen molar-refractivity contribution in [1.29, 1.82) is 0 Å². The topological polar surface area (TPSA) is 51.5 Å². The molecule has 1 amide bonds. The van der Waals surface area contributed by atoms with E-state index in [-0.39, 0.29) is 18.1 Å². The molecule has 0 saturated carbocycles. The van der Waals surface area contributed by atoms with Gasteiger partial charge in [0.15, 0.2) is 0 Å². The molecule has 1 N–H and O–H groups in total. The van der Waals surface area contributed by atoms with Gasteiger partial charge in [-0.15, -0.1) is 0 Å². The number of methoxy groups -OCH3 is 1. The summed E-state index contributed by atoms with van der Waals surface area (Å²) in [6, 6.07) is 8.80. The highest BCUT2D eigenvalue weighted by molar-refractivity contribution is 6.30. The average molecular weight is 294 g/mol. The van der Waals surface area contributed by atoms with Gasteiger partial charge < -0.3 is 14.5 Å². The first kappa shape index (κ1) is 14.6. The van der Waals surface area contributed by atoms with Crippen LogP contribution in [0.4, 0.5) is 0 Å². The molecule has 1 aromatic heterocycles.